The number of hydrogen-bond acceptors (Lipinski definition) is 7. The third kappa shape index (κ3) is 5.05. The maximum atomic E-state index is 12.4. The van der Waals surface area contributed by atoms with Crippen molar-refractivity contribution in [2.45, 2.75) is 16.5 Å². The molecule has 2 aromatic rings. The van der Waals surface area contributed by atoms with E-state index in [0.717, 1.165) is 13.9 Å². The molecule has 0 saturated heterocycles. The molecule has 5 nitrogen and oxygen atoms in total. The van der Waals surface area contributed by atoms with Gasteiger partial charge in [-0.05, 0) is 19.1 Å². The summed E-state index contributed by atoms with van der Waals surface area (Å²) in [7, 11) is 1.65. The second-order valence-corrected chi connectivity index (χ2v) is 7.91. The van der Waals surface area contributed by atoms with Gasteiger partial charge in [-0.2, -0.15) is 0 Å². The Morgan fingerprint density at radius 1 is 1.41 bits per heavy atom. The van der Waals surface area contributed by atoms with Crippen LogP contribution < -0.4 is 5.32 Å². The summed E-state index contributed by atoms with van der Waals surface area (Å²) in [6.07, 6.45) is 0. The molecule has 1 aromatic carbocycles. The largest absolute Gasteiger partial charge is 0.383 e. The lowest BCUT2D eigenvalue weighted by atomic mass is 10.1. The van der Waals surface area contributed by atoms with Crippen molar-refractivity contribution >= 4 is 49.9 Å². The first-order valence-corrected chi connectivity index (χ1v) is 9.12. The molecule has 118 valence electrons. The lowest BCUT2D eigenvalue weighted by Gasteiger charge is -2.07. The van der Waals surface area contributed by atoms with E-state index in [9.17, 15) is 4.79 Å². The maximum absolute atomic E-state index is 12.4. The lowest BCUT2D eigenvalue weighted by molar-refractivity contribution is 0.0994. The minimum Gasteiger partial charge on any atom is -0.383 e. The van der Waals surface area contributed by atoms with Crippen molar-refractivity contribution in [2.75, 3.05) is 25.6 Å². The van der Waals surface area contributed by atoms with Crippen LogP contribution in [0.1, 0.15) is 17.3 Å². The monoisotopic (exact) mass is 401 g/mol. The number of anilines is 1. The van der Waals surface area contributed by atoms with Gasteiger partial charge >= 0.3 is 0 Å². The first-order valence-electron chi connectivity index (χ1n) is 6.63. The van der Waals surface area contributed by atoms with E-state index in [-0.39, 0.29) is 11.0 Å². The Hall–Kier alpha value is -0.960. The standard InChI is InChI=1S/C14H16BrN3O2S2/c1-9(12(19)10-3-5-11(15)6-4-10)21-14-18-17-13(22-14)16-7-8-20-2/h3-6,9H,7-8H2,1-2H3,(H,16,17). The molecular weight excluding hydrogens is 386 g/mol. The summed E-state index contributed by atoms with van der Waals surface area (Å²) in [4.78, 5) is 12.4. The second kappa shape index (κ2) is 8.61. The third-order valence-corrected chi connectivity index (χ3v) is 5.36. The van der Waals surface area contributed by atoms with Gasteiger partial charge in [0.25, 0.3) is 0 Å². The molecule has 22 heavy (non-hydrogen) atoms. The van der Waals surface area contributed by atoms with Gasteiger partial charge in [0.2, 0.25) is 5.13 Å². The number of aromatic nitrogens is 2. The highest BCUT2D eigenvalue weighted by Crippen LogP contribution is 2.30. The highest BCUT2D eigenvalue weighted by Gasteiger charge is 2.18. The number of nitrogens with zero attached hydrogens (tertiary/aromatic N) is 2. The van der Waals surface area contributed by atoms with E-state index in [4.69, 9.17) is 4.74 Å². The molecule has 0 aliphatic rings. The topological polar surface area (TPSA) is 64.1 Å². The predicted molar refractivity (Wildman–Crippen MR) is 94.1 cm³/mol. The van der Waals surface area contributed by atoms with Crippen molar-refractivity contribution in [1.29, 1.82) is 0 Å². The molecule has 1 aromatic heterocycles. The Morgan fingerprint density at radius 2 is 2.14 bits per heavy atom. The van der Waals surface area contributed by atoms with Crippen LogP contribution in [0.15, 0.2) is 33.1 Å². The van der Waals surface area contributed by atoms with Crippen LogP contribution in [-0.4, -0.2) is 41.5 Å². The molecule has 1 unspecified atom stereocenters. The van der Waals surface area contributed by atoms with Gasteiger partial charge in [-0.25, -0.2) is 0 Å². The molecule has 2 rings (SSSR count). The minimum absolute atomic E-state index is 0.0848. The first kappa shape index (κ1) is 17.4. The van der Waals surface area contributed by atoms with Crippen LogP contribution in [0.4, 0.5) is 5.13 Å². The van der Waals surface area contributed by atoms with Crippen LogP contribution in [0.5, 0.6) is 0 Å². The maximum Gasteiger partial charge on any atom is 0.206 e. The van der Waals surface area contributed by atoms with E-state index in [1.54, 1.807) is 7.11 Å². The molecule has 1 N–H and O–H groups in total. The van der Waals surface area contributed by atoms with Crippen LogP contribution >= 0.6 is 39.0 Å². The Kier molecular flexibility index (Phi) is 6.81. The van der Waals surface area contributed by atoms with Crippen molar-refractivity contribution in [3.8, 4) is 0 Å². The number of nitrogens with one attached hydrogen (secondary N) is 1. The normalized spacial score (nSPS) is 12.1. The quantitative estimate of drug-likeness (QED) is 0.413. The molecule has 0 spiro atoms. The van der Waals surface area contributed by atoms with Crippen LogP contribution in [0.3, 0.4) is 0 Å². The average molecular weight is 402 g/mol. The number of rotatable bonds is 8. The molecule has 0 saturated carbocycles. The van der Waals surface area contributed by atoms with Crippen LogP contribution in [0.25, 0.3) is 0 Å². The second-order valence-electron chi connectivity index (χ2n) is 4.42. The third-order valence-electron chi connectivity index (χ3n) is 2.76. The first-order chi connectivity index (χ1) is 10.6. The molecule has 1 heterocycles. The molecule has 8 heteroatoms. The number of carbonyl (C=O) groups excluding carboxylic acids is 1. The van der Waals surface area contributed by atoms with Gasteiger partial charge in [-0.15, -0.1) is 10.2 Å². The Bertz CT molecular complexity index is 619. The van der Waals surface area contributed by atoms with Crippen LogP contribution in [0, 0.1) is 0 Å². The van der Waals surface area contributed by atoms with Crippen molar-refractivity contribution in [3.63, 3.8) is 0 Å². The van der Waals surface area contributed by atoms with E-state index in [1.165, 1.54) is 23.1 Å². The average Bonchev–Trinajstić information content (AvgIpc) is 2.95. The zero-order valence-corrected chi connectivity index (χ0v) is 15.4. The summed E-state index contributed by atoms with van der Waals surface area (Å²) in [6.45, 7) is 3.18. The van der Waals surface area contributed by atoms with E-state index in [0.29, 0.717) is 18.7 Å². The van der Waals surface area contributed by atoms with Gasteiger partial charge < -0.3 is 10.1 Å². The lowest BCUT2D eigenvalue weighted by Crippen LogP contribution is -2.13. The van der Waals surface area contributed by atoms with Gasteiger partial charge in [-0.3, -0.25) is 4.79 Å². The van der Waals surface area contributed by atoms with E-state index in [2.05, 4.69) is 31.4 Å². The number of ether oxygens (including phenoxy) is 1. The molecule has 0 amide bonds. The zero-order valence-electron chi connectivity index (χ0n) is 12.2. The fourth-order valence-electron chi connectivity index (χ4n) is 1.64. The molecule has 0 aliphatic carbocycles. The van der Waals surface area contributed by atoms with Crippen LogP contribution in [-0.2, 0) is 4.74 Å². The summed E-state index contributed by atoms with van der Waals surface area (Å²) in [5.41, 5.74) is 0.700. The smallest absolute Gasteiger partial charge is 0.206 e. The molecule has 0 bridgehead atoms. The van der Waals surface area contributed by atoms with Crippen molar-refractivity contribution in [3.05, 3.63) is 34.3 Å². The SMILES string of the molecule is COCCNc1nnc(SC(C)C(=O)c2ccc(Br)cc2)s1. The summed E-state index contributed by atoms with van der Waals surface area (Å²) in [6, 6.07) is 7.38. The highest BCUT2D eigenvalue weighted by atomic mass is 79.9. The van der Waals surface area contributed by atoms with Gasteiger partial charge in [0, 0.05) is 23.7 Å². The van der Waals surface area contributed by atoms with E-state index < -0.39 is 0 Å². The molecular formula is C14H16BrN3O2S2. The minimum atomic E-state index is -0.207. The number of methoxy groups -OCH3 is 1. The summed E-state index contributed by atoms with van der Waals surface area (Å²) in [5, 5.41) is 11.8. The number of ketones is 1. The molecule has 0 fully saturated rings. The van der Waals surface area contributed by atoms with Crippen molar-refractivity contribution in [2.24, 2.45) is 0 Å². The Morgan fingerprint density at radius 3 is 2.82 bits per heavy atom. The predicted octanol–water partition coefficient (Wildman–Crippen LogP) is 3.72. The van der Waals surface area contributed by atoms with E-state index in [1.807, 2.05) is 31.2 Å². The number of benzene rings is 1. The van der Waals surface area contributed by atoms with Gasteiger partial charge in [0.1, 0.15) is 0 Å². The fourth-order valence-corrected chi connectivity index (χ4v) is 3.91. The zero-order chi connectivity index (χ0) is 15.9. The summed E-state index contributed by atoms with van der Waals surface area (Å²) >= 11 is 6.23. The van der Waals surface area contributed by atoms with Gasteiger partial charge in [-0.1, -0.05) is 51.2 Å². The number of carbonyl (C=O) groups is 1. The number of halogens is 1. The van der Waals surface area contributed by atoms with E-state index >= 15 is 0 Å². The Balaban J connectivity index is 1.92. The fraction of sp³-hybridized carbons (Fsp3) is 0.357. The summed E-state index contributed by atoms with van der Waals surface area (Å²) in [5.74, 6) is 0.0848. The molecule has 0 aliphatic heterocycles. The summed E-state index contributed by atoms with van der Waals surface area (Å²) < 4.78 is 6.70. The van der Waals surface area contributed by atoms with Crippen LogP contribution in [0.2, 0.25) is 0 Å². The van der Waals surface area contributed by atoms with Crippen molar-refractivity contribution < 1.29 is 9.53 Å². The Labute approximate surface area is 146 Å². The highest BCUT2D eigenvalue weighted by molar-refractivity contribution is 9.10. The molecule has 1 atom stereocenters. The van der Waals surface area contributed by atoms with Crippen molar-refractivity contribution in [1.82, 2.24) is 10.2 Å². The number of thioether (sulfide) groups is 1. The molecule has 0 radical (unpaired) electrons. The number of Topliss-reactive ketones (excluding diaryl/α,β-unsaturated/α-hetero) is 1. The number of hydrogen-bond donors (Lipinski definition) is 1. The van der Waals surface area contributed by atoms with Gasteiger partial charge in [0.05, 0.1) is 11.9 Å². The van der Waals surface area contributed by atoms with Gasteiger partial charge in [0.15, 0.2) is 10.1 Å².